The fourth-order valence-corrected chi connectivity index (χ4v) is 1.51. The zero-order chi connectivity index (χ0) is 12.0. The molecule has 0 aromatic heterocycles. The third-order valence-electron chi connectivity index (χ3n) is 2.12. The molecule has 0 aliphatic rings. The quantitative estimate of drug-likeness (QED) is 0.360. The van der Waals surface area contributed by atoms with E-state index >= 15 is 0 Å². The monoisotopic (exact) mass is 241 g/mol. The lowest BCUT2D eigenvalue weighted by Crippen LogP contribution is -2.01. The first-order chi connectivity index (χ1) is 7.65. The first-order valence-corrected chi connectivity index (χ1v) is 5.77. The van der Waals surface area contributed by atoms with Crippen molar-refractivity contribution in [1.29, 1.82) is 0 Å². The van der Waals surface area contributed by atoms with Crippen LogP contribution in [0.5, 0.6) is 5.75 Å². The number of thiol groups is 1. The minimum Gasteiger partial charge on any atom is -0.487 e. The molecule has 0 aliphatic carbocycles. The summed E-state index contributed by atoms with van der Waals surface area (Å²) in [6.45, 7) is 2.31. The van der Waals surface area contributed by atoms with Gasteiger partial charge in [0.1, 0.15) is 0 Å². The van der Waals surface area contributed by atoms with Gasteiger partial charge in [-0.05, 0) is 37.1 Å². The number of rotatable bonds is 6. The molecular weight excluding hydrogens is 226 g/mol. The van der Waals surface area contributed by atoms with E-state index in [-0.39, 0.29) is 5.69 Å². The maximum atomic E-state index is 10.8. The number of nitro benzene ring substituents is 1. The highest BCUT2D eigenvalue weighted by Gasteiger charge is 2.14. The number of hydrogen-bond acceptors (Lipinski definition) is 4. The minimum absolute atomic E-state index is 0.0332. The molecule has 0 saturated carbocycles. The number of aryl methyl sites for hydroxylation is 1. The van der Waals surface area contributed by atoms with E-state index in [1.54, 1.807) is 12.1 Å². The van der Waals surface area contributed by atoms with Crippen molar-refractivity contribution in [1.82, 2.24) is 0 Å². The maximum absolute atomic E-state index is 10.8. The Hall–Kier alpha value is -1.23. The average Bonchev–Trinajstić information content (AvgIpc) is 2.26. The molecule has 0 spiro atoms. The zero-order valence-corrected chi connectivity index (χ0v) is 10.1. The third kappa shape index (κ3) is 3.73. The lowest BCUT2D eigenvalue weighted by Gasteiger charge is -2.06. The predicted molar refractivity (Wildman–Crippen MR) is 66.4 cm³/mol. The fourth-order valence-electron chi connectivity index (χ4n) is 1.29. The van der Waals surface area contributed by atoms with Gasteiger partial charge in [0, 0.05) is 6.07 Å². The predicted octanol–water partition coefficient (Wildman–Crippen LogP) is 2.99. The Morgan fingerprint density at radius 3 is 2.81 bits per heavy atom. The number of nitro groups is 1. The number of ether oxygens (including phenoxy) is 1. The van der Waals surface area contributed by atoms with Gasteiger partial charge in [-0.3, -0.25) is 10.1 Å². The van der Waals surface area contributed by atoms with Gasteiger partial charge in [0.25, 0.3) is 0 Å². The van der Waals surface area contributed by atoms with Crippen molar-refractivity contribution < 1.29 is 9.66 Å². The van der Waals surface area contributed by atoms with Crippen LogP contribution in [0, 0.1) is 17.0 Å². The van der Waals surface area contributed by atoms with Crippen LogP contribution in [-0.2, 0) is 0 Å². The molecule has 0 N–H and O–H groups in total. The molecule has 5 heteroatoms. The zero-order valence-electron chi connectivity index (χ0n) is 9.18. The van der Waals surface area contributed by atoms with Crippen molar-refractivity contribution in [2.45, 2.75) is 19.8 Å². The van der Waals surface area contributed by atoms with E-state index in [2.05, 4.69) is 12.6 Å². The molecule has 0 fully saturated rings. The molecule has 0 unspecified atom stereocenters. The van der Waals surface area contributed by atoms with Crippen molar-refractivity contribution in [3.8, 4) is 5.75 Å². The third-order valence-corrected chi connectivity index (χ3v) is 2.44. The molecule has 4 nitrogen and oxygen atoms in total. The first-order valence-electron chi connectivity index (χ1n) is 5.14. The molecule has 1 aromatic carbocycles. The van der Waals surface area contributed by atoms with Gasteiger partial charge in [-0.1, -0.05) is 6.07 Å². The molecule has 88 valence electrons. The normalized spacial score (nSPS) is 10.1. The summed E-state index contributed by atoms with van der Waals surface area (Å²) in [6, 6.07) is 4.98. The van der Waals surface area contributed by atoms with Crippen molar-refractivity contribution >= 4 is 18.3 Å². The van der Waals surface area contributed by atoms with Gasteiger partial charge in [-0.15, -0.1) is 0 Å². The van der Waals surface area contributed by atoms with Crippen LogP contribution in [0.4, 0.5) is 5.69 Å². The van der Waals surface area contributed by atoms with E-state index in [0.717, 1.165) is 24.2 Å². The molecule has 0 heterocycles. The highest BCUT2D eigenvalue weighted by atomic mass is 32.1. The van der Waals surface area contributed by atoms with Gasteiger partial charge in [-0.2, -0.15) is 12.6 Å². The van der Waals surface area contributed by atoms with E-state index in [0.29, 0.717) is 12.4 Å². The summed E-state index contributed by atoms with van der Waals surface area (Å²) in [4.78, 5) is 10.4. The van der Waals surface area contributed by atoms with Crippen LogP contribution < -0.4 is 4.74 Å². The lowest BCUT2D eigenvalue weighted by atomic mass is 10.2. The van der Waals surface area contributed by atoms with Gasteiger partial charge in [0.2, 0.25) is 0 Å². The van der Waals surface area contributed by atoms with E-state index in [4.69, 9.17) is 4.74 Å². The summed E-state index contributed by atoms with van der Waals surface area (Å²) in [5.74, 6) is 1.15. The fraction of sp³-hybridized carbons (Fsp3) is 0.455. The summed E-state index contributed by atoms with van der Waals surface area (Å²) in [5.41, 5.74) is 0.889. The molecule has 16 heavy (non-hydrogen) atoms. The summed E-state index contributed by atoms with van der Waals surface area (Å²) < 4.78 is 5.38. The van der Waals surface area contributed by atoms with Gasteiger partial charge >= 0.3 is 5.69 Å². The van der Waals surface area contributed by atoms with E-state index in [9.17, 15) is 10.1 Å². The van der Waals surface area contributed by atoms with Crippen LogP contribution in [0.3, 0.4) is 0 Å². The Kier molecular flexibility index (Phi) is 5.11. The molecule has 0 saturated heterocycles. The van der Waals surface area contributed by atoms with Crippen molar-refractivity contribution in [3.63, 3.8) is 0 Å². The van der Waals surface area contributed by atoms with Crippen molar-refractivity contribution in [3.05, 3.63) is 33.9 Å². The molecule has 1 aromatic rings. The van der Waals surface area contributed by atoms with E-state index in [1.165, 1.54) is 6.07 Å². The van der Waals surface area contributed by atoms with Gasteiger partial charge in [-0.25, -0.2) is 0 Å². The highest BCUT2D eigenvalue weighted by molar-refractivity contribution is 7.80. The van der Waals surface area contributed by atoms with Crippen LogP contribution in [0.1, 0.15) is 18.4 Å². The molecule has 0 bridgehead atoms. The first kappa shape index (κ1) is 12.8. The molecule has 0 radical (unpaired) electrons. The SMILES string of the molecule is Cc1ccc(OCCCCS)c([N+](=O)[O-])c1. The largest absolute Gasteiger partial charge is 0.487 e. The summed E-state index contributed by atoms with van der Waals surface area (Å²) in [6.07, 6.45) is 1.80. The Labute approximate surface area is 100 Å². The highest BCUT2D eigenvalue weighted by Crippen LogP contribution is 2.27. The Morgan fingerprint density at radius 2 is 2.19 bits per heavy atom. The lowest BCUT2D eigenvalue weighted by molar-refractivity contribution is -0.385. The Morgan fingerprint density at radius 1 is 1.44 bits per heavy atom. The smallest absolute Gasteiger partial charge is 0.311 e. The van der Waals surface area contributed by atoms with Crippen LogP contribution >= 0.6 is 12.6 Å². The molecule has 1 rings (SSSR count). The molecule has 0 amide bonds. The summed E-state index contributed by atoms with van der Waals surface area (Å²) in [7, 11) is 0. The van der Waals surface area contributed by atoms with Crippen LogP contribution in [-0.4, -0.2) is 17.3 Å². The number of nitrogens with zero attached hydrogens (tertiary/aromatic N) is 1. The van der Waals surface area contributed by atoms with Crippen LogP contribution in [0.25, 0.3) is 0 Å². The maximum Gasteiger partial charge on any atom is 0.311 e. The summed E-state index contributed by atoms with van der Waals surface area (Å²) >= 11 is 4.08. The number of hydrogen-bond donors (Lipinski definition) is 1. The molecule has 0 atom stereocenters. The van der Waals surface area contributed by atoms with Gasteiger partial charge in [0.15, 0.2) is 5.75 Å². The van der Waals surface area contributed by atoms with Crippen LogP contribution in [0.15, 0.2) is 18.2 Å². The topological polar surface area (TPSA) is 52.4 Å². The van der Waals surface area contributed by atoms with E-state index in [1.807, 2.05) is 6.92 Å². The minimum atomic E-state index is -0.416. The van der Waals surface area contributed by atoms with Crippen molar-refractivity contribution in [2.24, 2.45) is 0 Å². The second-order valence-corrected chi connectivity index (χ2v) is 3.95. The standard InChI is InChI=1S/C11H15NO3S/c1-9-4-5-11(10(8-9)12(13)14)15-6-2-3-7-16/h4-5,8,16H,2-3,6-7H2,1H3. The molecule has 0 aliphatic heterocycles. The second-order valence-electron chi connectivity index (χ2n) is 3.51. The van der Waals surface area contributed by atoms with Gasteiger partial charge < -0.3 is 4.74 Å². The van der Waals surface area contributed by atoms with Crippen LogP contribution in [0.2, 0.25) is 0 Å². The average molecular weight is 241 g/mol. The van der Waals surface area contributed by atoms with Gasteiger partial charge in [0.05, 0.1) is 11.5 Å². The number of benzene rings is 1. The molecular formula is C11H15NO3S. The second kappa shape index (κ2) is 6.37. The summed E-state index contributed by atoms with van der Waals surface area (Å²) in [5, 5.41) is 10.8. The Balaban J connectivity index is 2.67. The van der Waals surface area contributed by atoms with E-state index < -0.39 is 4.92 Å². The van der Waals surface area contributed by atoms with Crippen molar-refractivity contribution in [2.75, 3.05) is 12.4 Å². The Bertz CT molecular complexity index is 368. The number of unbranched alkanes of at least 4 members (excludes halogenated alkanes) is 1.